The molecule has 0 unspecified atom stereocenters. The van der Waals surface area contributed by atoms with Gasteiger partial charge >= 0.3 is 0 Å². The lowest BCUT2D eigenvalue weighted by Crippen LogP contribution is -2.15. The average Bonchev–Trinajstić information content (AvgIpc) is 2.10. The van der Waals surface area contributed by atoms with E-state index >= 15 is 0 Å². The Labute approximate surface area is 89.3 Å². The molecule has 0 radical (unpaired) electrons. The van der Waals surface area contributed by atoms with Crippen LogP contribution in [0, 0.1) is 5.92 Å². The molecule has 0 saturated carbocycles. The van der Waals surface area contributed by atoms with Gasteiger partial charge in [0.2, 0.25) is 0 Å². The zero-order chi connectivity index (χ0) is 11.1. The molecule has 0 aliphatic carbocycles. The molecule has 0 spiro atoms. The van der Waals surface area contributed by atoms with Crippen LogP contribution >= 0.6 is 0 Å². The molecule has 0 rings (SSSR count). The molecule has 0 atom stereocenters. The second-order valence-electron chi connectivity index (χ2n) is 4.40. The summed E-state index contributed by atoms with van der Waals surface area (Å²) in [5.74, 6) is 0.611. The fourth-order valence-corrected chi connectivity index (χ4v) is 1.36. The lowest BCUT2D eigenvalue weighted by molar-refractivity contribution is 0.698. The molecule has 0 aromatic carbocycles. The Hall–Kier alpha value is -0.720. The highest BCUT2D eigenvalue weighted by Crippen LogP contribution is 2.18. The molecule has 0 aliphatic rings. The number of nitrogens with one attached hydrogen (secondary N) is 1. The van der Waals surface area contributed by atoms with Gasteiger partial charge in [-0.2, -0.15) is 0 Å². The van der Waals surface area contributed by atoms with Crippen molar-refractivity contribution < 1.29 is 0 Å². The maximum absolute atomic E-state index is 3.30. The number of allylic oxidation sites excluding steroid dienone is 3. The Bertz CT molecular complexity index is 209. The fraction of sp³-hybridized carbons (Fsp3) is 0.692. The zero-order valence-electron chi connectivity index (χ0n) is 10.5. The topological polar surface area (TPSA) is 12.0 Å². The van der Waals surface area contributed by atoms with Gasteiger partial charge in [0, 0.05) is 6.04 Å². The first kappa shape index (κ1) is 13.3. The monoisotopic (exact) mass is 195 g/mol. The Morgan fingerprint density at radius 3 is 2.14 bits per heavy atom. The summed E-state index contributed by atoms with van der Waals surface area (Å²) in [6.07, 6.45) is 5.42. The molecular formula is C13H25N. The van der Waals surface area contributed by atoms with Crippen LogP contribution in [0.2, 0.25) is 0 Å². The van der Waals surface area contributed by atoms with Gasteiger partial charge in [-0.15, -0.1) is 0 Å². The molecule has 1 N–H and O–H groups in total. The maximum Gasteiger partial charge on any atom is 0.0199 e. The van der Waals surface area contributed by atoms with Crippen molar-refractivity contribution in [3.05, 3.63) is 23.4 Å². The van der Waals surface area contributed by atoms with Crippen molar-refractivity contribution in [3.63, 3.8) is 0 Å². The van der Waals surface area contributed by atoms with Gasteiger partial charge in [0.25, 0.3) is 0 Å². The summed E-state index contributed by atoms with van der Waals surface area (Å²) in [4.78, 5) is 0. The van der Waals surface area contributed by atoms with Gasteiger partial charge < -0.3 is 5.32 Å². The van der Waals surface area contributed by atoms with E-state index < -0.39 is 0 Å². The molecule has 82 valence electrons. The van der Waals surface area contributed by atoms with E-state index in [9.17, 15) is 0 Å². The van der Waals surface area contributed by atoms with Crippen LogP contribution in [-0.4, -0.2) is 6.04 Å². The maximum atomic E-state index is 3.30. The van der Waals surface area contributed by atoms with Gasteiger partial charge in [0.1, 0.15) is 0 Å². The summed E-state index contributed by atoms with van der Waals surface area (Å²) in [6, 6.07) is 0.515. The molecule has 0 saturated heterocycles. The van der Waals surface area contributed by atoms with E-state index in [4.69, 9.17) is 0 Å². The van der Waals surface area contributed by atoms with Crippen molar-refractivity contribution in [3.8, 4) is 0 Å². The third-order valence-electron chi connectivity index (χ3n) is 2.34. The summed E-state index contributed by atoms with van der Waals surface area (Å²) in [5, 5.41) is 3.30. The largest absolute Gasteiger partial charge is 0.389 e. The highest BCUT2D eigenvalue weighted by Gasteiger charge is 2.02. The Kier molecular flexibility index (Phi) is 6.35. The fourth-order valence-electron chi connectivity index (χ4n) is 1.36. The van der Waals surface area contributed by atoms with E-state index in [0.717, 1.165) is 6.42 Å². The van der Waals surface area contributed by atoms with E-state index in [2.05, 4.69) is 59.1 Å². The lowest BCUT2D eigenvalue weighted by Gasteiger charge is -2.11. The van der Waals surface area contributed by atoms with Crippen molar-refractivity contribution in [1.82, 2.24) is 5.32 Å². The van der Waals surface area contributed by atoms with Gasteiger partial charge in [-0.05, 0) is 51.0 Å². The smallest absolute Gasteiger partial charge is 0.0199 e. The van der Waals surface area contributed by atoms with E-state index in [1.807, 2.05) is 0 Å². The molecule has 1 heteroatoms. The van der Waals surface area contributed by atoms with Gasteiger partial charge in [0.15, 0.2) is 0 Å². The molecule has 0 aromatic heterocycles. The van der Waals surface area contributed by atoms with Crippen LogP contribution in [0.5, 0.6) is 0 Å². The lowest BCUT2D eigenvalue weighted by atomic mass is 9.96. The van der Waals surface area contributed by atoms with E-state index in [-0.39, 0.29) is 0 Å². The Balaban J connectivity index is 4.47. The highest BCUT2D eigenvalue weighted by molar-refractivity contribution is 5.25. The minimum atomic E-state index is 0.515. The van der Waals surface area contributed by atoms with E-state index in [1.165, 1.54) is 11.1 Å². The van der Waals surface area contributed by atoms with Crippen LogP contribution in [0.25, 0.3) is 0 Å². The van der Waals surface area contributed by atoms with Gasteiger partial charge in [0.05, 0.1) is 0 Å². The molecule has 0 bridgehead atoms. The van der Waals surface area contributed by atoms with E-state index in [0.29, 0.717) is 12.0 Å². The third kappa shape index (κ3) is 5.11. The minimum absolute atomic E-state index is 0.515. The summed E-state index contributed by atoms with van der Waals surface area (Å²) in [7, 11) is 0. The molecule has 0 amide bonds. The van der Waals surface area contributed by atoms with E-state index in [1.54, 1.807) is 0 Å². The first-order chi connectivity index (χ1) is 6.49. The van der Waals surface area contributed by atoms with Crippen molar-refractivity contribution in [2.45, 2.75) is 54.0 Å². The Morgan fingerprint density at radius 2 is 1.79 bits per heavy atom. The molecule has 0 aromatic rings. The van der Waals surface area contributed by atoms with Crippen molar-refractivity contribution in [1.29, 1.82) is 0 Å². The summed E-state index contributed by atoms with van der Waals surface area (Å²) >= 11 is 0. The average molecular weight is 195 g/mol. The molecule has 0 heterocycles. The second kappa shape index (κ2) is 6.69. The normalized spacial score (nSPS) is 14.0. The first-order valence-corrected chi connectivity index (χ1v) is 5.61. The number of hydrogen-bond donors (Lipinski definition) is 1. The molecular weight excluding hydrogens is 170 g/mol. The van der Waals surface area contributed by atoms with Crippen LogP contribution < -0.4 is 5.32 Å². The molecule has 0 aliphatic heterocycles. The molecule has 14 heavy (non-hydrogen) atoms. The van der Waals surface area contributed by atoms with Crippen LogP contribution in [0.3, 0.4) is 0 Å². The number of hydrogen-bond acceptors (Lipinski definition) is 1. The predicted octanol–water partition coefficient (Wildman–Crippen LogP) is 3.88. The van der Waals surface area contributed by atoms with Crippen molar-refractivity contribution in [2.24, 2.45) is 5.92 Å². The SMILES string of the molecule is CC/C(C)=C(/C=C\NC(C)C)C(C)C. The highest BCUT2D eigenvalue weighted by atomic mass is 14.9. The minimum Gasteiger partial charge on any atom is -0.389 e. The third-order valence-corrected chi connectivity index (χ3v) is 2.34. The summed E-state index contributed by atoms with van der Waals surface area (Å²) in [5.41, 5.74) is 2.95. The van der Waals surface area contributed by atoms with Crippen molar-refractivity contribution >= 4 is 0 Å². The Morgan fingerprint density at radius 1 is 1.21 bits per heavy atom. The van der Waals surface area contributed by atoms with Gasteiger partial charge in [-0.3, -0.25) is 0 Å². The van der Waals surface area contributed by atoms with Crippen LogP contribution in [-0.2, 0) is 0 Å². The van der Waals surface area contributed by atoms with Crippen LogP contribution in [0.1, 0.15) is 48.0 Å². The first-order valence-electron chi connectivity index (χ1n) is 5.61. The van der Waals surface area contributed by atoms with Gasteiger partial charge in [-0.1, -0.05) is 26.3 Å². The molecule has 0 fully saturated rings. The second-order valence-corrected chi connectivity index (χ2v) is 4.40. The molecule has 1 nitrogen and oxygen atoms in total. The van der Waals surface area contributed by atoms with Crippen molar-refractivity contribution in [2.75, 3.05) is 0 Å². The summed E-state index contributed by atoms with van der Waals surface area (Å²) in [6.45, 7) is 13.2. The van der Waals surface area contributed by atoms with Crippen LogP contribution in [0.15, 0.2) is 23.4 Å². The number of rotatable bonds is 5. The van der Waals surface area contributed by atoms with Crippen LogP contribution in [0.4, 0.5) is 0 Å². The predicted molar refractivity (Wildman–Crippen MR) is 65.2 cm³/mol. The zero-order valence-corrected chi connectivity index (χ0v) is 10.5. The quantitative estimate of drug-likeness (QED) is 0.656. The van der Waals surface area contributed by atoms with Gasteiger partial charge in [-0.25, -0.2) is 0 Å². The summed E-state index contributed by atoms with van der Waals surface area (Å²) < 4.78 is 0. The standard InChI is InChI=1S/C13H25N/c1-7-12(6)13(10(2)3)8-9-14-11(4)5/h8-11,14H,7H2,1-6H3/b9-8-,13-12-.